The first-order valence-corrected chi connectivity index (χ1v) is 17.2. The minimum atomic E-state index is -0.191. The zero-order chi connectivity index (χ0) is 35.3. The minimum Gasteiger partial charge on any atom is -0.250 e. The molecule has 0 N–H and O–H groups in total. The molecule has 0 unspecified atom stereocenters. The molecule has 0 saturated heterocycles. The molecule has 0 aliphatic rings. The third-order valence-corrected chi connectivity index (χ3v) is 9.22. The Morgan fingerprint density at radius 3 is 1.82 bits per heavy atom. The van der Waals surface area contributed by atoms with E-state index in [1.54, 1.807) is 0 Å². The van der Waals surface area contributed by atoms with Crippen LogP contribution in [0.1, 0.15) is 90.1 Å². The molecule has 4 nitrogen and oxygen atoms in total. The number of nitrogens with zero attached hydrogens (tertiary/aromatic N) is 4. The number of hydrogen-bond acceptors (Lipinski definition) is 4. The van der Waals surface area contributed by atoms with Crippen molar-refractivity contribution in [2.45, 2.75) is 92.4 Å². The summed E-state index contributed by atoms with van der Waals surface area (Å²) in [7, 11) is 0. The van der Waals surface area contributed by atoms with E-state index in [9.17, 15) is 0 Å². The van der Waals surface area contributed by atoms with E-state index in [1.807, 2.05) is 30.3 Å². The molecule has 0 spiro atoms. The second-order valence-electron chi connectivity index (χ2n) is 16.3. The summed E-state index contributed by atoms with van der Waals surface area (Å²) in [6.45, 7) is 24.4. The van der Waals surface area contributed by atoms with Crippen molar-refractivity contribution < 1.29 is 21.1 Å². The van der Waals surface area contributed by atoms with Gasteiger partial charge >= 0.3 is 21.1 Å². The molecule has 0 aliphatic carbocycles. The molecule has 6 rings (SSSR count). The fraction of sp³-hybridized carbons (Fsp3) is 0.311. The Labute approximate surface area is 312 Å². The van der Waals surface area contributed by atoms with Crippen LogP contribution in [0.5, 0.6) is 0 Å². The summed E-state index contributed by atoms with van der Waals surface area (Å²) in [6.07, 6.45) is 0. The zero-order valence-corrected chi connectivity index (χ0v) is 33.5. The van der Waals surface area contributed by atoms with Gasteiger partial charge in [0.25, 0.3) is 0 Å². The van der Waals surface area contributed by atoms with Gasteiger partial charge in [-0.3, -0.25) is 0 Å². The van der Waals surface area contributed by atoms with Crippen LogP contribution in [0, 0.1) is 19.9 Å². The van der Waals surface area contributed by atoms with Gasteiger partial charge in [-0.25, -0.2) is 31.1 Å². The SMILES string of the molecule is Cc1cccc(C)c1-c1nc2ccccc2nc1-c1ccc(C(C)(C)C)c(/N=c2\[cH-]c(-c3[c-]ccc(C(C)(C)C)c3)ccc2C(C)(C)C)n1.[Pt+2]. The van der Waals surface area contributed by atoms with Crippen molar-refractivity contribution >= 4 is 16.9 Å². The van der Waals surface area contributed by atoms with Crippen molar-refractivity contribution in [1.29, 1.82) is 0 Å². The summed E-state index contributed by atoms with van der Waals surface area (Å²) in [4.78, 5) is 21.2. The molecule has 0 saturated carbocycles. The van der Waals surface area contributed by atoms with Crippen molar-refractivity contribution in [3.05, 3.63) is 130 Å². The fourth-order valence-electron chi connectivity index (χ4n) is 6.43. The van der Waals surface area contributed by atoms with E-state index < -0.39 is 0 Å². The fourth-order valence-corrected chi connectivity index (χ4v) is 6.43. The predicted molar refractivity (Wildman–Crippen MR) is 205 cm³/mol. The van der Waals surface area contributed by atoms with Crippen LogP contribution in [-0.2, 0) is 37.3 Å². The third-order valence-electron chi connectivity index (χ3n) is 9.22. The first-order valence-electron chi connectivity index (χ1n) is 17.2. The number of aryl methyl sites for hydroxylation is 2. The molecule has 50 heavy (non-hydrogen) atoms. The van der Waals surface area contributed by atoms with Crippen molar-refractivity contribution in [1.82, 2.24) is 15.0 Å². The second-order valence-corrected chi connectivity index (χ2v) is 16.3. The molecule has 2 aromatic heterocycles. The summed E-state index contributed by atoms with van der Waals surface area (Å²) in [5.41, 5.74) is 12.8. The van der Waals surface area contributed by atoms with Crippen LogP contribution < -0.4 is 5.36 Å². The van der Waals surface area contributed by atoms with Gasteiger partial charge in [0.1, 0.15) is 5.69 Å². The van der Waals surface area contributed by atoms with Gasteiger partial charge < -0.3 is 0 Å². The van der Waals surface area contributed by atoms with Crippen LogP contribution in [0.25, 0.3) is 44.8 Å². The quantitative estimate of drug-likeness (QED) is 0.166. The van der Waals surface area contributed by atoms with Gasteiger partial charge in [-0.1, -0.05) is 104 Å². The maximum absolute atomic E-state index is 5.44. The summed E-state index contributed by atoms with van der Waals surface area (Å²) in [5, 5.41) is 0.911. The van der Waals surface area contributed by atoms with E-state index in [2.05, 4.69) is 143 Å². The van der Waals surface area contributed by atoms with Crippen molar-refractivity contribution in [2.75, 3.05) is 0 Å². The van der Waals surface area contributed by atoms with Gasteiger partial charge in [-0.2, -0.15) is 30.3 Å². The number of aromatic nitrogens is 3. The number of para-hydroxylation sites is 2. The van der Waals surface area contributed by atoms with Gasteiger partial charge in [0.05, 0.1) is 22.4 Å². The van der Waals surface area contributed by atoms with E-state index in [0.717, 1.165) is 72.4 Å². The summed E-state index contributed by atoms with van der Waals surface area (Å²) in [6, 6.07) is 35.2. The molecule has 0 aliphatic heterocycles. The molecule has 0 amide bonds. The molecule has 4 aromatic carbocycles. The summed E-state index contributed by atoms with van der Waals surface area (Å²) < 4.78 is 0. The topological polar surface area (TPSA) is 51.0 Å². The van der Waals surface area contributed by atoms with Crippen LogP contribution >= 0.6 is 0 Å². The molecular formula is C45H48N4Pt. The van der Waals surface area contributed by atoms with Crippen LogP contribution in [0.2, 0.25) is 0 Å². The van der Waals surface area contributed by atoms with Gasteiger partial charge in [-0.15, -0.1) is 17.7 Å². The standard InChI is InChI=1S/C45H48N4.Pt/c1-28-16-14-17-29(2)39(28)41-40(46-35-20-12-13-21-36(35)47-41)37-25-24-34(45(9,10)11)42(48-37)49-38-27-31(22-23-33(38)44(6,7)8)30-18-15-19-32(26-30)43(3,4)5;/h12-17,19-27H,1-11H3;/q-2;+2/b49-38+;. The Bertz CT molecular complexity index is 2240. The predicted octanol–water partition coefficient (Wildman–Crippen LogP) is 11.3. The molecule has 0 fully saturated rings. The van der Waals surface area contributed by atoms with Crippen LogP contribution in [0.3, 0.4) is 0 Å². The normalized spacial score (nSPS) is 12.7. The molecule has 0 radical (unpaired) electrons. The number of pyridine rings is 1. The Kier molecular flexibility index (Phi) is 10.3. The third kappa shape index (κ3) is 7.61. The van der Waals surface area contributed by atoms with E-state index >= 15 is 0 Å². The Balaban J connectivity index is 0.00000486. The smallest absolute Gasteiger partial charge is 0.250 e. The molecule has 258 valence electrons. The summed E-state index contributed by atoms with van der Waals surface area (Å²) >= 11 is 0. The second kappa shape index (κ2) is 13.9. The van der Waals surface area contributed by atoms with E-state index in [1.165, 1.54) is 5.56 Å². The van der Waals surface area contributed by atoms with Gasteiger partial charge in [0.2, 0.25) is 0 Å². The van der Waals surface area contributed by atoms with Gasteiger partial charge in [0, 0.05) is 11.1 Å². The maximum atomic E-state index is 5.44. The number of benzene rings is 4. The van der Waals surface area contributed by atoms with Crippen LogP contribution in [-0.4, -0.2) is 15.0 Å². The first-order chi connectivity index (χ1) is 23.0. The molecule has 0 bridgehead atoms. The molecule has 0 atom stereocenters. The molecule has 6 aromatic rings. The van der Waals surface area contributed by atoms with E-state index in [0.29, 0.717) is 5.82 Å². The Morgan fingerprint density at radius 1 is 0.620 bits per heavy atom. The van der Waals surface area contributed by atoms with Crippen molar-refractivity contribution in [2.24, 2.45) is 4.99 Å². The first kappa shape index (κ1) is 37.1. The van der Waals surface area contributed by atoms with Crippen LogP contribution in [0.15, 0.2) is 96.0 Å². The largest absolute Gasteiger partial charge is 2.00 e. The number of fused-ring (bicyclic) bond motifs is 1. The number of rotatable bonds is 4. The van der Waals surface area contributed by atoms with Crippen molar-refractivity contribution in [3.8, 4) is 33.8 Å². The van der Waals surface area contributed by atoms with E-state index in [4.69, 9.17) is 19.9 Å². The monoisotopic (exact) mass is 839 g/mol. The summed E-state index contributed by atoms with van der Waals surface area (Å²) in [5.74, 6) is 0.697. The maximum Gasteiger partial charge on any atom is 2.00 e. The average molecular weight is 840 g/mol. The van der Waals surface area contributed by atoms with Gasteiger partial charge in [0.15, 0.2) is 5.82 Å². The Hall–Kier alpha value is -4.14. The molecule has 5 heteroatoms. The minimum absolute atomic E-state index is 0. The molecular weight excluding hydrogens is 792 g/mol. The Morgan fingerprint density at radius 2 is 1.22 bits per heavy atom. The molecule has 2 heterocycles. The zero-order valence-electron chi connectivity index (χ0n) is 31.3. The van der Waals surface area contributed by atoms with E-state index in [-0.39, 0.29) is 37.3 Å². The van der Waals surface area contributed by atoms with Crippen LogP contribution in [0.4, 0.5) is 5.82 Å². The van der Waals surface area contributed by atoms with Gasteiger partial charge in [-0.05, 0) is 64.8 Å². The van der Waals surface area contributed by atoms with Crippen molar-refractivity contribution in [3.63, 3.8) is 0 Å². The average Bonchev–Trinajstić information content (AvgIpc) is 3.03. The number of hydrogen-bond donors (Lipinski definition) is 0.